The molecule has 2 heterocycles. The summed E-state index contributed by atoms with van der Waals surface area (Å²) in [6.45, 7) is 0. The molecule has 1 amide bonds. The lowest BCUT2D eigenvalue weighted by Gasteiger charge is -1.95. The van der Waals surface area contributed by atoms with Crippen molar-refractivity contribution in [3.8, 4) is 0 Å². The van der Waals surface area contributed by atoms with Gasteiger partial charge in [0.15, 0.2) is 5.17 Å². The number of allylic oxidation sites excluding steroid dienone is 2. The van der Waals surface area contributed by atoms with Crippen LogP contribution >= 0.6 is 11.8 Å². The van der Waals surface area contributed by atoms with E-state index in [1.54, 1.807) is 42.7 Å². The Morgan fingerprint density at radius 1 is 1.23 bits per heavy atom. The summed E-state index contributed by atoms with van der Waals surface area (Å²) in [7, 11) is 0. The SMILES string of the molecule is O=C1NC(=Nc2ccc(F)cc2)S/C1=C\C=C\c1ccco1. The molecular weight excluding hydrogens is 303 g/mol. The standard InChI is InChI=1S/C16H11FN2O2S/c17-11-6-8-12(9-7-11)18-16-19-15(20)14(22-16)5-1-3-13-4-2-10-21-13/h1-10H,(H,18,19,20)/b3-1+,14-5-. The van der Waals surface area contributed by atoms with E-state index in [-0.39, 0.29) is 11.7 Å². The number of amidine groups is 1. The number of hydrogen-bond donors (Lipinski definition) is 1. The fraction of sp³-hybridized carbons (Fsp3) is 0. The van der Waals surface area contributed by atoms with Gasteiger partial charge in [-0.2, -0.15) is 0 Å². The number of nitrogens with one attached hydrogen (secondary N) is 1. The van der Waals surface area contributed by atoms with E-state index in [0.29, 0.717) is 21.5 Å². The molecule has 110 valence electrons. The third-order valence-corrected chi connectivity index (χ3v) is 3.69. The van der Waals surface area contributed by atoms with Gasteiger partial charge < -0.3 is 9.73 Å². The molecule has 22 heavy (non-hydrogen) atoms. The number of thioether (sulfide) groups is 1. The molecule has 3 rings (SSSR count). The number of benzene rings is 1. The van der Waals surface area contributed by atoms with Gasteiger partial charge in [0.2, 0.25) is 0 Å². The zero-order valence-electron chi connectivity index (χ0n) is 11.3. The second kappa shape index (κ2) is 6.44. The summed E-state index contributed by atoms with van der Waals surface area (Å²) >= 11 is 1.23. The Balaban J connectivity index is 1.71. The van der Waals surface area contributed by atoms with Crippen molar-refractivity contribution < 1.29 is 13.6 Å². The van der Waals surface area contributed by atoms with Crippen molar-refractivity contribution in [3.63, 3.8) is 0 Å². The van der Waals surface area contributed by atoms with Crippen LogP contribution in [0.15, 0.2) is 69.1 Å². The molecule has 1 aliphatic heterocycles. The Morgan fingerprint density at radius 3 is 2.77 bits per heavy atom. The molecule has 1 aromatic carbocycles. The molecule has 0 spiro atoms. The summed E-state index contributed by atoms with van der Waals surface area (Å²) in [5.74, 6) is 0.172. The second-order valence-corrected chi connectivity index (χ2v) is 5.39. The molecule has 1 saturated heterocycles. The topological polar surface area (TPSA) is 54.6 Å². The maximum Gasteiger partial charge on any atom is 0.264 e. The van der Waals surface area contributed by atoms with Crippen molar-refractivity contribution >= 4 is 34.6 Å². The summed E-state index contributed by atoms with van der Waals surface area (Å²) in [5.41, 5.74) is 0.580. The first-order valence-electron chi connectivity index (χ1n) is 6.46. The molecule has 0 unspecified atom stereocenters. The highest BCUT2D eigenvalue weighted by atomic mass is 32.2. The van der Waals surface area contributed by atoms with Gasteiger partial charge in [0.25, 0.3) is 5.91 Å². The summed E-state index contributed by atoms with van der Waals surface area (Å²) in [5, 5.41) is 3.13. The van der Waals surface area contributed by atoms with Crippen LogP contribution < -0.4 is 5.32 Å². The number of furan rings is 1. The van der Waals surface area contributed by atoms with Crippen LogP contribution in [0.2, 0.25) is 0 Å². The Labute approximate surface area is 130 Å². The van der Waals surface area contributed by atoms with Crippen molar-refractivity contribution in [1.82, 2.24) is 5.32 Å². The van der Waals surface area contributed by atoms with Gasteiger partial charge in [0.1, 0.15) is 11.6 Å². The third-order valence-electron chi connectivity index (χ3n) is 2.76. The first kappa shape index (κ1) is 14.3. The van der Waals surface area contributed by atoms with E-state index in [0.717, 1.165) is 0 Å². The van der Waals surface area contributed by atoms with Gasteiger partial charge in [-0.15, -0.1) is 0 Å². The Hall–Kier alpha value is -2.60. The van der Waals surface area contributed by atoms with Gasteiger partial charge in [-0.3, -0.25) is 4.79 Å². The van der Waals surface area contributed by atoms with Crippen LogP contribution in [0.4, 0.5) is 10.1 Å². The predicted octanol–water partition coefficient (Wildman–Crippen LogP) is 3.87. The van der Waals surface area contributed by atoms with Crippen LogP contribution in [0.1, 0.15) is 5.76 Å². The highest BCUT2D eigenvalue weighted by Gasteiger charge is 2.23. The van der Waals surface area contributed by atoms with Gasteiger partial charge >= 0.3 is 0 Å². The van der Waals surface area contributed by atoms with E-state index in [1.165, 1.54) is 23.9 Å². The lowest BCUT2D eigenvalue weighted by atomic mass is 10.3. The molecule has 0 radical (unpaired) electrons. The van der Waals surface area contributed by atoms with Gasteiger partial charge in [-0.1, -0.05) is 6.08 Å². The van der Waals surface area contributed by atoms with Gasteiger partial charge in [-0.05, 0) is 60.3 Å². The van der Waals surface area contributed by atoms with Crippen molar-refractivity contribution in [2.24, 2.45) is 4.99 Å². The average molecular weight is 314 g/mol. The predicted molar refractivity (Wildman–Crippen MR) is 85.1 cm³/mol. The first-order chi connectivity index (χ1) is 10.7. The van der Waals surface area contributed by atoms with Crippen LogP contribution in [0.25, 0.3) is 6.08 Å². The molecule has 1 aromatic heterocycles. The molecule has 1 fully saturated rings. The van der Waals surface area contributed by atoms with Gasteiger partial charge in [0.05, 0.1) is 16.9 Å². The summed E-state index contributed by atoms with van der Waals surface area (Å²) in [6, 6.07) is 9.35. The maximum atomic E-state index is 12.8. The highest BCUT2D eigenvalue weighted by molar-refractivity contribution is 8.18. The summed E-state index contributed by atoms with van der Waals surface area (Å²) < 4.78 is 18.0. The van der Waals surface area contributed by atoms with E-state index < -0.39 is 0 Å². The van der Waals surface area contributed by atoms with E-state index in [1.807, 2.05) is 6.07 Å². The fourth-order valence-electron chi connectivity index (χ4n) is 1.74. The van der Waals surface area contributed by atoms with E-state index in [9.17, 15) is 9.18 Å². The molecule has 0 atom stereocenters. The molecular formula is C16H11FN2O2S. The number of amides is 1. The number of nitrogens with zero attached hydrogens (tertiary/aromatic N) is 1. The van der Waals surface area contributed by atoms with Crippen molar-refractivity contribution in [3.05, 3.63) is 71.3 Å². The quantitative estimate of drug-likeness (QED) is 0.875. The van der Waals surface area contributed by atoms with Gasteiger partial charge in [-0.25, -0.2) is 9.38 Å². The van der Waals surface area contributed by atoms with Crippen LogP contribution in [0, 0.1) is 5.82 Å². The van der Waals surface area contributed by atoms with Crippen LogP contribution in [0.3, 0.4) is 0 Å². The summed E-state index contributed by atoms with van der Waals surface area (Å²) in [4.78, 5) is 16.6. The van der Waals surface area contributed by atoms with E-state index in [2.05, 4.69) is 10.3 Å². The number of carbonyl (C=O) groups is 1. The molecule has 0 saturated carbocycles. The minimum absolute atomic E-state index is 0.213. The molecule has 1 N–H and O–H groups in total. The summed E-state index contributed by atoms with van der Waals surface area (Å²) in [6.07, 6.45) is 6.77. The molecule has 6 heteroatoms. The Kier molecular flexibility index (Phi) is 4.20. The zero-order valence-corrected chi connectivity index (χ0v) is 12.1. The average Bonchev–Trinajstić information content (AvgIpc) is 3.12. The fourth-order valence-corrected chi connectivity index (χ4v) is 2.54. The second-order valence-electron chi connectivity index (χ2n) is 4.36. The van der Waals surface area contributed by atoms with Gasteiger partial charge in [0, 0.05) is 0 Å². The van der Waals surface area contributed by atoms with Crippen LogP contribution in [-0.2, 0) is 4.79 Å². The minimum atomic E-state index is -0.323. The van der Waals surface area contributed by atoms with Crippen molar-refractivity contribution in [1.29, 1.82) is 0 Å². The molecule has 0 aliphatic carbocycles. The molecule has 2 aromatic rings. The molecule has 0 bridgehead atoms. The van der Waals surface area contributed by atoms with Crippen molar-refractivity contribution in [2.45, 2.75) is 0 Å². The number of rotatable bonds is 3. The Morgan fingerprint density at radius 2 is 2.05 bits per heavy atom. The Bertz CT molecular complexity index is 762. The number of carbonyl (C=O) groups excluding carboxylic acids is 1. The minimum Gasteiger partial charge on any atom is -0.465 e. The highest BCUT2D eigenvalue weighted by Crippen LogP contribution is 2.26. The first-order valence-corrected chi connectivity index (χ1v) is 7.28. The van der Waals surface area contributed by atoms with Crippen LogP contribution in [0.5, 0.6) is 0 Å². The maximum absolute atomic E-state index is 12.8. The molecule has 1 aliphatic rings. The lowest BCUT2D eigenvalue weighted by molar-refractivity contribution is -0.115. The van der Waals surface area contributed by atoms with Crippen molar-refractivity contribution in [2.75, 3.05) is 0 Å². The molecule has 4 nitrogen and oxygen atoms in total. The largest absolute Gasteiger partial charge is 0.465 e. The number of halogens is 1. The zero-order chi connectivity index (χ0) is 15.4. The number of aliphatic imine (C=N–C) groups is 1. The normalized spacial score (nSPS) is 18.5. The monoisotopic (exact) mass is 314 g/mol. The smallest absolute Gasteiger partial charge is 0.264 e. The third kappa shape index (κ3) is 3.53. The van der Waals surface area contributed by atoms with E-state index in [4.69, 9.17) is 4.42 Å². The number of hydrogen-bond acceptors (Lipinski definition) is 4. The van der Waals surface area contributed by atoms with E-state index >= 15 is 0 Å². The lowest BCUT2D eigenvalue weighted by Crippen LogP contribution is -2.19. The van der Waals surface area contributed by atoms with Crippen LogP contribution in [-0.4, -0.2) is 11.1 Å².